The minimum Gasteiger partial charge on any atom is -0.497 e. The first kappa shape index (κ1) is 22.9. The van der Waals surface area contributed by atoms with E-state index in [-0.39, 0.29) is 30.0 Å². The molecule has 0 N–H and O–H groups in total. The van der Waals surface area contributed by atoms with Crippen LogP contribution >= 0.6 is 11.6 Å². The van der Waals surface area contributed by atoms with Crippen molar-refractivity contribution in [2.45, 2.75) is 25.4 Å². The van der Waals surface area contributed by atoms with Crippen molar-refractivity contribution in [3.63, 3.8) is 0 Å². The zero-order valence-electron chi connectivity index (χ0n) is 18.4. The summed E-state index contributed by atoms with van der Waals surface area (Å²) in [5.74, 6) is 1.32. The average molecular weight is 479 g/mol. The van der Waals surface area contributed by atoms with Crippen LogP contribution in [0, 0.1) is 6.92 Å². The molecule has 2 aromatic carbocycles. The van der Waals surface area contributed by atoms with Gasteiger partial charge in [-0.05, 0) is 54.8 Å². The van der Waals surface area contributed by atoms with Crippen LogP contribution in [0.15, 0.2) is 36.4 Å². The predicted octanol–water partition coefficient (Wildman–Crippen LogP) is 2.72. The Morgan fingerprint density at radius 3 is 2.50 bits per heavy atom. The van der Waals surface area contributed by atoms with E-state index >= 15 is 0 Å². The van der Waals surface area contributed by atoms with E-state index in [4.69, 9.17) is 21.1 Å². The van der Waals surface area contributed by atoms with Gasteiger partial charge in [-0.2, -0.15) is 0 Å². The fourth-order valence-electron chi connectivity index (χ4n) is 4.61. The summed E-state index contributed by atoms with van der Waals surface area (Å²) in [6.45, 7) is 2.57. The van der Waals surface area contributed by atoms with Crippen LogP contribution in [0.5, 0.6) is 11.5 Å². The molecule has 2 aliphatic rings. The van der Waals surface area contributed by atoms with Crippen LogP contribution in [0.3, 0.4) is 0 Å². The Kier molecular flexibility index (Phi) is 6.38. The fraction of sp³-hybridized carbons (Fsp3) is 0.435. The highest BCUT2D eigenvalue weighted by Crippen LogP contribution is 2.34. The molecule has 2 saturated heterocycles. The van der Waals surface area contributed by atoms with E-state index in [1.807, 2.05) is 42.2 Å². The monoisotopic (exact) mass is 478 g/mol. The Balaban J connectivity index is 1.60. The molecule has 172 valence electrons. The molecule has 2 aromatic rings. The summed E-state index contributed by atoms with van der Waals surface area (Å²) < 4.78 is 35.9. The summed E-state index contributed by atoms with van der Waals surface area (Å²) in [7, 11) is -0.0471. The second-order valence-electron chi connectivity index (χ2n) is 8.31. The first-order chi connectivity index (χ1) is 15.2. The van der Waals surface area contributed by atoms with E-state index in [9.17, 15) is 13.2 Å². The van der Waals surface area contributed by atoms with Gasteiger partial charge < -0.3 is 14.4 Å². The summed E-state index contributed by atoms with van der Waals surface area (Å²) in [6.07, 6.45) is 0.604. The van der Waals surface area contributed by atoms with E-state index in [2.05, 4.69) is 0 Å². The number of piperazine rings is 1. The van der Waals surface area contributed by atoms with Crippen LogP contribution in [-0.2, 0) is 21.1 Å². The molecule has 7 nitrogen and oxygen atoms in total. The Bertz CT molecular complexity index is 1140. The number of anilines is 1. The quantitative estimate of drug-likeness (QED) is 0.635. The van der Waals surface area contributed by atoms with Gasteiger partial charge in [0.05, 0.1) is 38.3 Å². The Morgan fingerprint density at radius 1 is 1.06 bits per heavy atom. The third kappa shape index (κ3) is 4.44. The van der Waals surface area contributed by atoms with Crippen LogP contribution in [0.4, 0.5) is 5.69 Å². The predicted molar refractivity (Wildman–Crippen MR) is 125 cm³/mol. The molecule has 0 radical (unpaired) electrons. The number of sulfone groups is 1. The van der Waals surface area contributed by atoms with Crippen molar-refractivity contribution in [2.24, 2.45) is 0 Å². The minimum atomic E-state index is -3.26. The van der Waals surface area contributed by atoms with Gasteiger partial charge in [-0.1, -0.05) is 17.7 Å². The van der Waals surface area contributed by atoms with Crippen molar-refractivity contribution >= 4 is 33.0 Å². The lowest BCUT2D eigenvalue weighted by Gasteiger charge is -2.43. The van der Waals surface area contributed by atoms with Gasteiger partial charge in [0.25, 0.3) is 0 Å². The van der Waals surface area contributed by atoms with Crippen molar-refractivity contribution in [2.75, 3.05) is 43.7 Å². The summed E-state index contributed by atoms with van der Waals surface area (Å²) in [5.41, 5.74) is 2.50. The zero-order valence-corrected chi connectivity index (χ0v) is 19.9. The largest absolute Gasteiger partial charge is 0.497 e. The van der Waals surface area contributed by atoms with Crippen LogP contribution < -0.4 is 14.4 Å². The van der Waals surface area contributed by atoms with Gasteiger partial charge in [0, 0.05) is 23.3 Å². The maximum Gasteiger partial charge on any atom is 0.241 e. The first-order valence-electron chi connectivity index (χ1n) is 10.5. The van der Waals surface area contributed by atoms with Crippen molar-refractivity contribution < 1.29 is 22.7 Å². The molecule has 0 spiro atoms. The van der Waals surface area contributed by atoms with E-state index < -0.39 is 15.9 Å². The number of carbonyl (C=O) groups is 1. The molecule has 2 aliphatic heterocycles. The number of ether oxygens (including phenoxy) is 2. The van der Waals surface area contributed by atoms with E-state index in [0.717, 1.165) is 22.6 Å². The van der Waals surface area contributed by atoms with Crippen LogP contribution in [-0.4, -0.2) is 70.1 Å². The molecular formula is C23H27ClN2O5S. The van der Waals surface area contributed by atoms with Crippen LogP contribution in [0.2, 0.25) is 5.02 Å². The molecule has 32 heavy (non-hydrogen) atoms. The molecule has 1 amide bonds. The first-order valence-corrected chi connectivity index (χ1v) is 12.7. The molecule has 2 heterocycles. The Morgan fingerprint density at radius 2 is 1.81 bits per heavy atom. The lowest BCUT2D eigenvalue weighted by Crippen LogP contribution is -2.62. The topological polar surface area (TPSA) is 76.2 Å². The standard InChI is InChI=1S/C23H27ClN2O5S/c1-15-4-5-17(11-19(15)24)26-21-14-32(28,29)13-20(21)25(12-23(26)27)9-8-16-10-18(30-2)6-7-22(16)31-3/h4-7,10-11,20-21H,8-9,12-14H2,1-3H3. The molecule has 0 aliphatic carbocycles. The number of methoxy groups -OCH3 is 2. The van der Waals surface area contributed by atoms with Crippen molar-refractivity contribution in [3.05, 3.63) is 52.5 Å². The summed E-state index contributed by atoms with van der Waals surface area (Å²) in [4.78, 5) is 16.8. The molecule has 0 bridgehead atoms. The van der Waals surface area contributed by atoms with Gasteiger partial charge in [0.15, 0.2) is 9.84 Å². The number of nitrogens with zero attached hydrogens (tertiary/aromatic N) is 2. The van der Waals surface area contributed by atoms with Crippen molar-refractivity contribution in [1.82, 2.24) is 4.90 Å². The number of rotatable bonds is 6. The van der Waals surface area contributed by atoms with Gasteiger partial charge in [-0.25, -0.2) is 8.42 Å². The van der Waals surface area contributed by atoms with Crippen LogP contribution in [0.25, 0.3) is 0 Å². The Hall–Kier alpha value is -2.29. The number of fused-ring (bicyclic) bond motifs is 1. The summed E-state index contributed by atoms with van der Waals surface area (Å²) in [5, 5.41) is 0.556. The maximum absolute atomic E-state index is 13.2. The molecule has 2 fully saturated rings. The number of halogens is 1. The number of amides is 1. The smallest absolute Gasteiger partial charge is 0.241 e. The van der Waals surface area contributed by atoms with Gasteiger partial charge in [-0.3, -0.25) is 9.69 Å². The third-order valence-electron chi connectivity index (χ3n) is 6.29. The highest BCUT2D eigenvalue weighted by Gasteiger charge is 2.49. The number of hydrogen-bond donors (Lipinski definition) is 0. The van der Waals surface area contributed by atoms with E-state index in [1.165, 1.54) is 0 Å². The molecule has 2 unspecified atom stereocenters. The van der Waals surface area contributed by atoms with Gasteiger partial charge >= 0.3 is 0 Å². The highest BCUT2D eigenvalue weighted by molar-refractivity contribution is 7.91. The number of carbonyl (C=O) groups excluding carboxylic acids is 1. The van der Waals surface area contributed by atoms with E-state index in [1.54, 1.807) is 25.2 Å². The SMILES string of the molecule is COc1ccc(OC)c(CCN2CC(=O)N(c3ccc(C)c(Cl)c3)C3CS(=O)(=O)CC32)c1. The lowest BCUT2D eigenvalue weighted by atomic mass is 10.0. The van der Waals surface area contributed by atoms with Crippen LogP contribution in [0.1, 0.15) is 11.1 Å². The number of aryl methyl sites for hydroxylation is 1. The normalized spacial score (nSPS) is 22.6. The number of benzene rings is 2. The fourth-order valence-corrected chi connectivity index (χ4v) is 6.77. The highest BCUT2D eigenvalue weighted by atomic mass is 35.5. The zero-order chi connectivity index (χ0) is 23.0. The number of hydrogen-bond acceptors (Lipinski definition) is 6. The van der Waals surface area contributed by atoms with Gasteiger partial charge in [-0.15, -0.1) is 0 Å². The molecule has 0 aromatic heterocycles. The molecule has 9 heteroatoms. The lowest BCUT2D eigenvalue weighted by molar-refractivity contribution is -0.123. The second-order valence-corrected chi connectivity index (χ2v) is 10.9. The van der Waals surface area contributed by atoms with Crippen molar-refractivity contribution in [3.8, 4) is 11.5 Å². The molecule has 4 rings (SSSR count). The molecule has 2 atom stereocenters. The van der Waals surface area contributed by atoms with E-state index in [0.29, 0.717) is 23.7 Å². The summed E-state index contributed by atoms with van der Waals surface area (Å²) in [6, 6.07) is 10.3. The summed E-state index contributed by atoms with van der Waals surface area (Å²) >= 11 is 6.29. The average Bonchev–Trinajstić information content (AvgIpc) is 3.08. The van der Waals surface area contributed by atoms with Crippen molar-refractivity contribution in [1.29, 1.82) is 0 Å². The minimum absolute atomic E-state index is 0.0380. The third-order valence-corrected chi connectivity index (χ3v) is 8.40. The second kappa shape index (κ2) is 8.92. The maximum atomic E-state index is 13.2. The molecular weight excluding hydrogens is 452 g/mol. The molecule has 0 saturated carbocycles. The Labute approximate surface area is 193 Å². The van der Waals surface area contributed by atoms with Gasteiger partial charge in [0.2, 0.25) is 5.91 Å². The van der Waals surface area contributed by atoms with Gasteiger partial charge in [0.1, 0.15) is 11.5 Å².